The zero-order chi connectivity index (χ0) is 8.12. The molecule has 0 radical (unpaired) electrons. The molecule has 7 heteroatoms. The molecule has 0 amide bonds. The molecule has 0 aliphatic carbocycles. The molecule has 0 aromatic heterocycles. The van der Waals surface area contributed by atoms with Crippen molar-refractivity contribution in [3.05, 3.63) is 0 Å². The third kappa shape index (κ3) is 206. The zero-order valence-corrected chi connectivity index (χ0v) is 5.44. The molecule has 0 saturated carbocycles. The summed E-state index contributed by atoms with van der Waals surface area (Å²) in [4.78, 5) is 24.7. The standard InChI is InChI=1S/3CHO2.Co/c3*2-1-3;/h3*(H,2,3);/q3*-1;+3. The van der Waals surface area contributed by atoms with Crippen LogP contribution < -0.4 is 0 Å². The van der Waals surface area contributed by atoms with E-state index < -0.39 is 0 Å². The summed E-state index contributed by atoms with van der Waals surface area (Å²) < 4.78 is 0. The Kier molecular flexibility index (Phi) is 238. The van der Waals surface area contributed by atoms with Crippen molar-refractivity contribution in [2.75, 3.05) is 0 Å². The van der Waals surface area contributed by atoms with Gasteiger partial charge < -0.3 is 29.7 Å². The first-order valence-corrected chi connectivity index (χ1v) is 1.28. The van der Waals surface area contributed by atoms with Crippen LogP contribution in [-0.4, -0.2) is 34.7 Å². The quantitative estimate of drug-likeness (QED) is 0.419. The molecule has 0 heterocycles. The zero-order valence-electron chi connectivity index (χ0n) is 4.40. The molecule has 6 nitrogen and oxygen atoms in total. The van der Waals surface area contributed by atoms with Crippen LogP contribution in [0.25, 0.3) is 0 Å². The van der Waals surface area contributed by atoms with Crippen LogP contribution in [0.15, 0.2) is 0 Å². The maximum Gasteiger partial charge on any atom is 3.00 e. The molecule has 0 saturated heterocycles. The first-order valence-electron chi connectivity index (χ1n) is 1.28. The van der Waals surface area contributed by atoms with Gasteiger partial charge in [0.05, 0.1) is 0 Å². The summed E-state index contributed by atoms with van der Waals surface area (Å²) in [5, 5.41) is 20.3. The minimum Gasteiger partial charge on any atom is -0.665 e. The first kappa shape index (κ1) is 23.1. The van der Waals surface area contributed by atoms with Crippen molar-refractivity contribution in [3.63, 3.8) is 0 Å². The number of aliphatic hydroxyl groups excluding tert-OH is 3. The molecule has 0 aromatic carbocycles. The maximum absolute atomic E-state index is 8.24. The van der Waals surface area contributed by atoms with E-state index in [0.717, 1.165) is 0 Å². The predicted octanol–water partition coefficient (Wildman–Crippen LogP) is -1.17. The molecular weight excluding hydrogens is 191 g/mol. The molecule has 0 unspecified atom stereocenters. The largest absolute Gasteiger partial charge is 3.00 e. The fourth-order valence-electron chi connectivity index (χ4n) is 0. The van der Waals surface area contributed by atoms with Gasteiger partial charge in [-0.1, -0.05) is 19.4 Å². The van der Waals surface area contributed by atoms with Gasteiger partial charge in [0, 0.05) is 0 Å². The van der Waals surface area contributed by atoms with Crippen molar-refractivity contribution in [2.45, 2.75) is 0 Å². The summed E-state index contributed by atoms with van der Waals surface area (Å²) in [7, 11) is 0. The summed E-state index contributed by atoms with van der Waals surface area (Å²) in [5.74, 6) is 0. The van der Waals surface area contributed by atoms with Crippen LogP contribution in [-0.2, 0) is 31.2 Å². The van der Waals surface area contributed by atoms with Crippen LogP contribution in [0.3, 0.4) is 0 Å². The van der Waals surface area contributed by atoms with E-state index in [2.05, 4.69) is 0 Å². The summed E-state index contributed by atoms with van der Waals surface area (Å²) in [5.41, 5.74) is 0. The Labute approximate surface area is 66.7 Å². The van der Waals surface area contributed by atoms with Crippen molar-refractivity contribution in [1.82, 2.24) is 0 Å². The van der Waals surface area contributed by atoms with Gasteiger partial charge in [-0.3, -0.25) is 0 Å². The molecule has 0 fully saturated rings. The van der Waals surface area contributed by atoms with Crippen molar-refractivity contribution in [1.29, 1.82) is 0 Å². The summed E-state index contributed by atoms with van der Waals surface area (Å²) in [6.45, 7) is 1.50. The fraction of sp³-hybridized carbons (Fsp3) is 0. The van der Waals surface area contributed by atoms with Gasteiger partial charge in [0.15, 0.2) is 0 Å². The second kappa shape index (κ2) is 103. The van der Waals surface area contributed by atoms with Gasteiger partial charge in [-0.2, -0.15) is 0 Å². The topological polar surface area (TPSA) is 112 Å². The Morgan fingerprint density at radius 2 is 0.700 bits per heavy atom. The molecule has 0 aliphatic heterocycles. The second-order valence-corrected chi connectivity index (χ2v) is 0.274. The number of rotatable bonds is 0. The summed E-state index contributed by atoms with van der Waals surface area (Å²) in [6.07, 6.45) is 0. The molecule has 0 bridgehead atoms. The summed E-state index contributed by atoms with van der Waals surface area (Å²) >= 11 is 0. The molecule has 10 heavy (non-hydrogen) atoms. The molecule has 0 aliphatic rings. The van der Waals surface area contributed by atoms with Crippen LogP contribution in [0.4, 0.5) is 0 Å². The van der Waals surface area contributed by atoms with E-state index in [4.69, 9.17) is 29.7 Å². The van der Waals surface area contributed by atoms with E-state index in [1.807, 2.05) is 0 Å². The Bertz CT molecular complexity index is 49.7. The minimum atomic E-state index is 0. The van der Waals surface area contributed by atoms with Gasteiger partial charge in [0.25, 0.3) is 0 Å². The SMILES string of the molecule is O=[C-]O.O=[C-]O.O=[C-]O.[Co+3]. The van der Waals surface area contributed by atoms with Gasteiger partial charge in [-0.05, 0) is 0 Å². The van der Waals surface area contributed by atoms with Crippen molar-refractivity contribution in [3.8, 4) is 0 Å². The Morgan fingerprint density at radius 1 is 0.700 bits per heavy atom. The van der Waals surface area contributed by atoms with Gasteiger partial charge in [-0.15, -0.1) is 0 Å². The van der Waals surface area contributed by atoms with E-state index in [1.54, 1.807) is 0 Å². The Hall–Kier alpha value is -1.08. The molecule has 60 valence electrons. The second-order valence-electron chi connectivity index (χ2n) is 0.274. The molecule has 0 rings (SSSR count). The van der Waals surface area contributed by atoms with Crippen molar-refractivity contribution >= 4 is 19.4 Å². The molecule has 0 atom stereocenters. The third-order valence-electron chi connectivity index (χ3n) is 0. The van der Waals surface area contributed by atoms with E-state index in [1.165, 1.54) is 0 Å². The third-order valence-corrected chi connectivity index (χ3v) is 0. The van der Waals surface area contributed by atoms with Crippen LogP contribution in [0.5, 0.6) is 0 Å². The average Bonchev–Trinajstić information content (AvgIpc) is 1.70. The number of hydrogen-bond donors (Lipinski definition) is 3. The van der Waals surface area contributed by atoms with E-state index >= 15 is 0 Å². The van der Waals surface area contributed by atoms with Crippen LogP contribution in [0.2, 0.25) is 0 Å². The van der Waals surface area contributed by atoms with Crippen LogP contribution >= 0.6 is 0 Å². The van der Waals surface area contributed by atoms with E-state index in [-0.39, 0.29) is 16.8 Å². The molecule has 0 aromatic rings. The average molecular weight is 194 g/mol. The Morgan fingerprint density at radius 3 is 0.700 bits per heavy atom. The van der Waals surface area contributed by atoms with Crippen molar-refractivity contribution < 1.29 is 46.5 Å². The van der Waals surface area contributed by atoms with E-state index in [0.29, 0.717) is 19.4 Å². The molecule has 3 N–H and O–H groups in total. The van der Waals surface area contributed by atoms with Gasteiger partial charge >= 0.3 is 16.8 Å². The summed E-state index contributed by atoms with van der Waals surface area (Å²) in [6, 6.07) is 0. The molecule has 0 spiro atoms. The predicted molar refractivity (Wildman–Crippen MR) is 25.0 cm³/mol. The fourth-order valence-corrected chi connectivity index (χ4v) is 0. The minimum absolute atomic E-state index is 0. The Balaban J connectivity index is -0.0000000257. The monoisotopic (exact) mass is 194 g/mol. The maximum atomic E-state index is 8.24. The van der Waals surface area contributed by atoms with Crippen molar-refractivity contribution in [2.24, 2.45) is 0 Å². The normalized spacial score (nSPS) is 3.60. The van der Waals surface area contributed by atoms with E-state index in [9.17, 15) is 0 Å². The molecular formula is C3H3CoO6. The van der Waals surface area contributed by atoms with Crippen LogP contribution in [0, 0.1) is 0 Å². The van der Waals surface area contributed by atoms with Gasteiger partial charge in [-0.25, -0.2) is 0 Å². The number of hydrogen-bond acceptors (Lipinski definition) is 3. The van der Waals surface area contributed by atoms with Gasteiger partial charge in [0.1, 0.15) is 0 Å². The smallest absolute Gasteiger partial charge is 0.665 e. The van der Waals surface area contributed by atoms with Gasteiger partial charge in [0.2, 0.25) is 0 Å². The first-order chi connectivity index (χ1) is 4.24. The van der Waals surface area contributed by atoms with Crippen LogP contribution in [0.1, 0.15) is 0 Å².